The van der Waals surface area contributed by atoms with E-state index < -0.39 is 4.92 Å². The van der Waals surface area contributed by atoms with Crippen molar-refractivity contribution in [1.29, 1.82) is 5.26 Å². The fraction of sp³-hybridized carbons (Fsp3) is 0.0526. The van der Waals surface area contributed by atoms with Crippen LogP contribution in [0.25, 0.3) is 16.8 Å². The van der Waals surface area contributed by atoms with Crippen molar-refractivity contribution in [3.8, 4) is 17.3 Å². The number of anilines is 1. The quantitative estimate of drug-likeness (QED) is 0.309. The summed E-state index contributed by atoms with van der Waals surface area (Å²) in [6, 6.07) is 14.2. The molecule has 0 radical (unpaired) electrons. The number of halogens is 1. The lowest BCUT2D eigenvalue weighted by Crippen LogP contribution is -1.93. The van der Waals surface area contributed by atoms with Crippen molar-refractivity contribution in [3.63, 3.8) is 0 Å². The molecule has 8 heteroatoms. The molecular formula is C19H13BrN4O2S. The number of nitro benzene ring substituents is 1. The number of aryl methyl sites for hydroxylation is 1. The Hall–Kier alpha value is -3.02. The third-order valence-corrected chi connectivity index (χ3v) is 5.16. The second-order valence-corrected chi connectivity index (χ2v) is 7.39. The summed E-state index contributed by atoms with van der Waals surface area (Å²) >= 11 is 4.77. The molecule has 0 unspecified atom stereocenters. The van der Waals surface area contributed by atoms with Gasteiger partial charge >= 0.3 is 0 Å². The minimum absolute atomic E-state index is 0.0286. The van der Waals surface area contributed by atoms with Crippen LogP contribution in [0.15, 0.2) is 58.5 Å². The molecule has 0 saturated carbocycles. The maximum Gasteiger partial charge on any atom is 0.269 e. The summed E-state index contributed by atoms with van der Waals surface area (Å²) in [5.41, 5.74) is 3.82. The number of aromatic nitrogens is 1. The molecule has 0 atom stereocenters. The lowest BCUT2D eigenvalue weighted by molar-refractivity contribution is -0.384. The monoisotopic (exact) mass is 440 g/mol. The maximum atomic E-state index is 10.8. The van der Waals surface area contributed by atoms with E-state index in [1.165, 1.54) is 23.5 Å². The van der Waals surface area contributed by atoms with Crippen molar-refractivity contribution in [2.24, 2.45) is 0 Å². The van der Waals surface area contributed by atoms with E-state index in [9.17, 15) is 15.4 Å². The van der Waals surface area contributed by atoms with Gasteiger partial charge in [-0.2, -0.15) is 5.26 Å². The van der Waals surface area contributed by atoms with Gasteiger partial charge in [-0.3, -0.25) is 10.1 Å². The molecule has 1 N–H and O–H groups in total. The van der Waals surface area contributed by atoms with Gasteiger partial charge in [0.25, 0.3) is 5.69 Å². The summed E-state index contributed by atoms with van der Waals surface area (Å²) < 4.78 is 0.989. The SMILES string of the molecule is Cc1cc(Br)ccc1N/C=C(\C#N)c1nc(-c2ccc([N+](=O)[O-])cc2)cs1. The largest absolute Gasteiger partial charge is 0.360 e. The van der Waals surface area contributed by atoms with Gasteiger partial charge in [-0.1, -0.05) is 15.9 Å². The van der Waals surface area contributed by atoms with Crippen LogP contribution in [0.4, 0.5) is 11.4 Å². The molecular weight excluding hydrogens is 428 g/mol. The number of nitriles is 1. The molecule has 0 aliphatic carbocycles. The van der Waals surface area contributed by atoms with E-state index in [1.54, 1.807) is 18.3 Å². The Morgan fingerprint density at radius 2 is 2.07 bits per heavy atom. The number of nitro groups is 1. The van der Waals surface area contributed by atoms with Crippen molar-refractivity contribution in [3.05, 3.63) is 79.2 Å². The summed E-state index contributed by atoms with van der Waals surface area (Å²) in [7, 11) is 0. The highest BCUT2D eigenvalue weighted by Gasteiger charge is 2.11. The Morgan fingerprint density at radius 3 is 2.70 bits per heavy atom. The fourth-order valence-electron chi connectivity index (χ4n) is 2.36. The van der Waals surface area contributed by atoms with Crippen molar-refractivity contribution in [1.82, 2.24) is 4.98 Å². The van der Waals surface area contributed by atoms with Crippen LogP contribution < -0.4 is 5.32 Å². The van der Waals surface area contributed by atoms with E-state index in [0.29, 0.717) is 16.3 Å². The van der Waals surface area contributed by atoms with Crippen molar-refractivity contribution < 1.29 is 4.92 Å². The highest BCUT2D eigenvalue weighted by molar-refractivity contribution is 9.10. The van der Waals surface area contributed by atoms with Gasteiger partial charge in [0.1, 0.15) is 16.6 Å². The van der Waals surface area contributed by atoms with Crippen LogP contribution in [-0.4, -0.2) is 9.91 Å². The van der Waals surface area contributed by atoms with Crippen LogP contribution in [0.1, 0.15) is 10.6 Å². The lowest BCUT2D eigenvalue weighted by Gasteiger charge is -2.06. The first-order valence-electron chi connectivity index (χ1n) is 7.81. The van der Waals surface area contributed by atoms with E-state index in [4.69, 9.17) is 0 Å². The number of nitrogens with zero attached hydrogens (tertiary/aromatic N) is 3. The zero-order valence-corrected chi connectivity index (χ0v) is 16.5. The van der Waals surface area contributed by atoms with Gasteiger partial charge < -0.3 is 5.32 Å². The summed E-state index contributed by atoms with van der Waals surface area (Å²) in [4.78, 5) is 14.8. The number of allylic oxidation sites excluding steroid dienone is 1. The van der Waals surface area contributed by atoms with Gasteiger partial charge in [0, 0.05) is 39.4 Å². The molecule has 1 heterocycles. The van der Waals surface area contributed by atoms with Crippen molar-refractivity contribution >= 4 is 44.2 Å². The van der Waals surface area contributed by atoms with Crippen LogP contribution in [-0.2, 0) is 0 Å². The smallest absolute Gasteiger partial charge is 0.269 e. The van der Waals surface area contributed by atoms with E-state index in [1.807, 2.05) is 30.5 Å². The highest BCUT2D eigenvalue weighted by atomic mass is 79.9. The van der Waals surface area contributed by atoms with Crippen LogP contribution in [0.2, 0.25) is 0 Å². The van der Waals surface area contributed by atoms with Crippen molar-refractivity contribution in [2.45, 2.75) is 6.92 Å². The molecule has 3 rings (SSSR count). The Kier molecular flexibility index (Phi) is 5.64. The standard InChI is InChI=1S/C19H13BrN4O2S/c1-12-8-15(20)4-7-17(12)22-10-14(9-21)19-23-18(11-27-19)13-2-5-16(6-3-13)24(25)26/h2-8,10-11,22H,1H3/b14-10+. The molecule has 27 heavy (non-hydrogen) atoms. The molecule has 0 bridgehead atoms. The topological polar surface area (TPSA) is 91.8 Å². The summed E-state index contributed by atoms with van der Waals surface area (Å²) in [5, 5.41) is 25.8. The predicted octanol–water partition coefficient (Wildman–Crippen LogP) is 5.77. The zero-order chi connectivity index (χ0) is 19.4. The molecule has 0 aliphatic heterocycles. The molecule has 3 aromatic rings. The summed E-state index contributed by atoms with van der Waals surface area (Å²) in [6.45, 7) is 1.98. The van der Waals surface area contributed by atoms with Gasteiger partial charge in [-0.15, -0.1) is 11.3 Å². The zero-order valence-electron chi connectivity index (χ0n) is 14.1. The Balaban J connectivity index is 1.82. The molecule has 6 nitrogen and oxygen atoms in total. The molecule has 0 saturated heterocycles. The Labute approximate surface area is 168 Å². The number of non-ortho nitro benzene ring substituents is 1. The molecule has 134 valence electrons. The number of benzene rings is 2. The molecule has 0 fully saturated rings. The van der Waals surface area contributed by atoms with E-state index in [0.717, 1.165) is 21.3 Å². The molecule has 1 aromatic heterocycles. The maximum absolute atomic E-state index is 10.8. The second-order valence-electron chi connectivity index (χ2n) is 5.62. The first-order chi connectivity index (χ1) is 13.0. The Morgan fingerprint density at radius 1 is 1.33 bits per heavy atom. The molecule has 0 spiro atoms. The molecule has 0 amide bonds. The van der Waals surface area contributed by atoms with E-state index >= 15 is 0 Å². The van der Waals surface area contributed by atoms with Gasteiger partial charge in [0.2, 0.25) is 0 Å². The first kappa shape index (κ1) is 18.8. The second kappa shape index (κ2) is 8.12. The van der Waals surface area contributed by atoms with E-state index in [2.05, 4.69) is 32.3 Å². The summed E-state index contributed by atoms with van der Waals surface area (Å²) in [6.07, 6.45) is 1.63. The van der Waals surface area contributed by atoms with Crippen LogP contribution in [0, 0.1) is 28.4 Å². The average Bonchev–Trinajstić information content (AvgIpc) is 3.14. The average molecular weight is 441 g/mol. The number of rotatable bonds is 5. The number of nitrogens with one attached hydrogen (secondary N) is 1. The van der Waals surface area contributed by atoms with Crippen molar-refractivity contribution in [2.75, 3.05) is 5.32 Å². The summed E-state index contributed by atoms with van der Waals surface area (Å²) in [5.74, 6) is 0. The predicted molar refractivity (Wildman–Crippen MR) is 110 cm³/mol. The highest BCUT2D eigenvalue weighted by Crippen LogP contribution is 2.28. The lowest BCUT2D eigenvalue weighted by atomic mass is 10.1. The minimum atomic E-state index is -0.442. The Bertz CT molecular complexity index is 1070. The third-order valence-electron chi connectivity index (χ3n) is 3.79. The number of hydrogen-bond donors (Lipinski definition) is 1. The third kappa shape index (κ3) is 4.39. The normalized spacial score (nSPS) is 11.1. The van der Waals surface area contributed by atoms with Crippen LogP contribution in [0.3, 0.4) is 0 Å². The van der Waals surface area contributed by atoms with Gasteiger partial charge in [0.15, 0.2) is 0 Å². The fourth-order valence-corrected chi connectivity index (χ4v) is 3.63. The molecule has 0 aliphatic rings. The van der Waals surface area contributed by atoms with Crippen LogP contribution >= 0.6 is 27.3 Å². The number of hydrogen-bond acceptors (Lipinski definition) is 6. The van der Waals surface area contributed by atoms with Gasteiger partial charge in [-0.05, 0) is 42.8 Å². The number of thiazole rings is 1. The van der Waals surface area contributed by atoms with E-state index in [-0.39, 0.29) is 5.69 Å². The van der Waals surface area contributed by atoms with Gasteiger partial charge in [-0.25, -0.2) is 4.98 Å². The van der Waals surface area contributed by atoms with Crippen LogP contribution in [0.5, 0.6) is 0 Å². The minimum Gasteiger partial charge on any atom is -0.360 e. The molecule has 2 aromatic carbocycles. The first-order valence-corrected chi connectivity index (χ1v) is 9.49. The van der Waals surface area contributed by atoms with Gasteiger partial charge in [0.05, 0.1) is 10.6 Å².